The van der Waals surface area contributed by atoms with Crippen molar-refractivity contribution in [3.63, 3.8) is 0 Å². The molecule has 222 valence electrons. The van der Waals surface area contributed by atoms with Gasteiger partial charge in [-0.1, -0.05) is 0 Å². The summed E-state index contributed by atoms with van der Waals surface area (Å²) in [6.07, 6.45) is 0. The van der Waals surface area contributed by atoms with Crippen molar-refractivity contribution in [2.45, 2.75) is 41.5 Å². The molecule has 4 rings (SSSR count). The predicted octanol–water partition coefficient (Wildman–Crippen LogP) is 8.98. The second-order valence-electron chi connectivity index (χ2n) is 9.64. The summed E-state index contributed by atoms with van der Waals surface area (Å²) in [6.45, 7) is 4.80. The van der Waals surface area contributed by atoms with E-state index in [1.807, 2.05) is 0 Å². The lowest BCUT2D eigenvalue weighted by molar-refractivity contribution is -0.277. The summed E-state index contributed by atoms with van der Waals surface area (Å²) in [7, 11) is 0. The van der Waals surface area contributed by atoms with Gasteiger partial charge in [0.25, 0.3) is 11.4 Å². The number of rotatable bonds is 3. The van der Waals surface area contributed by atoms with Gasteiger partial charge < -0.3 is 0 Å². The highest BCUT2D eigenvalue weighted by Gasteiger charge is 2.53. The zero-order valence-electron chi connectivity index (χ0n) is 22.5. The Bertz CT molecular complexity index is 1530. The second kappa shape index (κ2) is 10.4. The van der Waals surface area contributed by atoms with Crippen molar-refractivity contribution in [2.24, 2.45) is 0 Å². The number of allylic oxidation sites excluding steroid dienone is 2. The van der Waals surface area contributed by atoms with E-state index in [-0.39, 0.29) is 0 Å². The summed E-state index contributed by atoms with van der Waals surface area (Å²) >= 11 is 0. The molecule has 0 atom stereocenters. The first-order chi connectivity index (χ1) is 19.4. The van der Waals surface area contributed by atoms with Crippen molar-refractivity contribution in [2.75, 3.05) is 0 Å². The predicted molar refractivity (Wildman–Crippen MR) is 128 cm³/mol. The third-order valence-electron chi connectivity index (χ3n) is 7.23. The first-order valence-corrected chi connectivity index (χ1v) is 11.9. The van der Waals surface area contributed by atoms with E-state index in [1.165, 1.54) is 0 Å². The second-order valence-corrected chi connectivity index (χ2v) is 9.64. The smallest absolute Gasteiger partial charge is 0.203 e. The normalized spacial score (nSPS) is 15.4. The van der Waals surface area contributed by atoms with Crippen LogP contribution in [0.3, 0.4) is 0 Å². The van der Waals surface area contributed by atoms with Crippen LogP contribution in [0.5, 0.6) is 0 Å². The molecule has 3 aromatic carbocycles. The van der Waals surface area contributed by atoms with Crippen LogP contribution in [0, 0.1) is 90.6 Å². The van der Waals surface area contributed by atoms with Crippen LogP contribution in [0.25, 0.3) is 11.1 Å². The van der Waals surface area contributed by atoms with Crippen LogP contribution in [0.4, 0.5) is 52.7 Å². The van der Waals surface area contributed by atoms with Crippen molar-refractivity contribution in [3.05, 3.63) is 115 Å². The first kappa shape index (κ1) is 30.9. The van der Waals surface area contributed by atoms with Crippen molar-refractivity contribution in [1.29, 1.82) is 0 Å². The van der Waals surface area contributed by atoms with Gasteiger partial charge in [0.05, 0.1) is 11.1 Å². The van der Waals surface area contributed by atoms with Crippen LogP contribution in [0.2, 0.25) is 0 Å². The third kappa shape index (κ3) is 4.23. The molecule has 0 unspecified atom stereocenters. The number of benzene rings is 3. The lowest BCUT2D eigenvalue weighted by atomic mass is 9.99. The molecule has 0 N–H and O–H groups in total. The van der Waals surface area contributed by atoms with E-state index >= 15 is 0 Å². The number of hydrogen-bond acceptors (Lipinski definition) is 0. The topological polar surface area (TPSA) is 3.01 Å². The van der Waals surface area contributed by atoms with Gasteiger partial charge in [0.2, 0.25) is 0 Å². The number of halogens is 12. The van der Waals surface area contributed by atoms with Gasteiger partial charge in [0.1, 0.15) is 5.56 Å². The molecular formula is C29H18F12N+. The Morgan fingerprint density at radius 1 is 0.357 bits per heavy atom. The van der Waals surface area contributed by atoms with Gasteiger partial charge in [-0.05, 0) is 34.6 Å². The Labute approximate surface area is 230 Å². The van der Waals surface area contributed by atoms with Gasteiger partial charge in [0, 0.05) is 34.8 Å². The van der Waals surface area contributed by atoms with E-state index in [9.17, 15) is 52.7 Å². The van der Waals surface area contributed by atoms with Crippen molar-refractivity contribution < 1.29 is 57.3 Å². The summed E-state index contributed by atoms with van der Waals surface area (Å²) in [6, 6.07) is 0. The summed E-state index contributed by atoms with van der Waals surface area (Å²) in [5.41, 5.74) is -10.5. The lowest BCUT2D eigenvalue weighted by Crippen LogP contribution is -2.13. The van der Waals surface area contributed by atoms with Crippen LogP contribution in [0.1, 0.15) is 54.2 Å². The maximum atomic E-state index is 14.9. The minimum atomic E-state index is -1.92. The van der Waals surface area contributed by atoms with E-state index in [4.69, 9.17) is 0 Å². The maximum absolute atomic E-state index is 14.9. The van der Waals surface area contributed by atoms with Crippen LogP contribution in [0.15, 0.2) is 11.4 Å². The zero-order valence-corrected chi connectivity index (χ0v) is 22.5. The van der Waals surface area contributed by atoms with E-state index < -0.39 is 131 Å². The molecule has 1 nitrogen and oxygen atoms in total. The largest absolute Gasteiger partial charge is 0.288 e. The molecule has 1 fully saturated rings. The van der Waals surface area contributed by atoms with Gasteiger partial charge in [-0.3, -0.25) is 0 Å². The van der Waals surface area contributed by atoms with Crippen LogP contribution in [-0.2, 0) is 0 Å². The molecule has 0 saturated carbocycles. The fourth-order valence-electron chi connectivity index (χ4n) is 4.74. The van der Waals surface area contributed by atoms with Gasteiger partial charge in [-0.25, -0.2) is 52.7 Å². The molecule has 0 radical (unpaired) electrons. The third-order valence-corrected chi connectivity index (χ3v) is 7.23. The molecule has 1 aliphatic heterocycles. The molecular weight excluding hydrogens is 590 g/mol. The van der Waals surface area contributed by atoms with Gasteiger partial charge in [-0.2, -0.15) is 0 Å². The summed E-state index contributed by atoms with van der Waals surface area (Å²) in [4.78, 5) is 0. The average molecular weight is 608 g/mol. The Balaban J connectivity index is 2.21. The molecule has 0 bridgehead atoms. The lowest BCUT2D eigenvalue weighted by Gasteiger charge is -2.08. The highest BCUT2D eigenvalue weighted by molar-refractivity contribution is 5.99. The molecule has 3 aromatic rings. The maximum Gasteiger partial charge on any atom is 0.288 e. The van der Waals surface area contributed by atoms with Crippen LogP contribution >= 0.6 is 0 Å². The highest BCUT2D eigenvalue weighted by atomic mass is 19.2. The van der Waals surface area contributed by atoms with Crippen LogP contribution in [-0.4, -0.2) is 10.3 Å². The average Bonchev–Trinajstić information content (AvgIpc) is 3.71. The van der Waals surface area contributed by atoms with Crippen LogP contribution < -0.4 is 0 Å². The zero-order chi connectivity index (χ0) is 31.9. The molecule has 1 saturated heterocycles. The molecule has 1 aliphatic rings. The van der Waals surface area contributed by atoms with E-state index in [1.54, 1.807) is 0 Å². The first-order valence-electron chi connectivity index (χ1n) is 11.9. The van der Waals surface area contributed by atoms with Gasteiger partial charge in [-0.15, -0.1) is 4.58 Å². The molecule has 0 aliphatic carbocycles. The number of nitrogens with zero attached hydrogens (tertiary/aromatic N) is 1. The van der Waals surface area contributed by atoms with E-state index in [0.29, 0.717) is 4.58 Å². The fourth-order valence-corrected chi connectivity index (χ4v) is 4.74. The fraction of sp³-hybridized carbons (Fsp3) is 0.207. The summed E-state index contributed by atoms with van der Waals surface area (Å²) < 4.78 is 176. The Morgan fingerprint density at radius 2 is 0.571 bits per heavy atom. The monoisotopic (exact) mass is 608 g/mol. The molecule has 0 aromatic heterocycles. The Morgan fingerprint density at radius 3 is 0.810 bits per heavy atom. The quantitative estimate of drug-likeness (QED) is 0.121. The molecule has 0 amide bonds. The summed E-state index contributed by atoms with van der Waals surface area (Å²) in [5, 5.41) is 0. The standard InChI is InChI=1S/C29H18F12N/c1-7(13-22(36)16(30)9(3)17(31)23(13)37)28-29(8(2)14-24(38)18(32)10(4)19(33)25(14)39)42(28)12(6)15-26(40)20(34)11(5)21(35)27(15)41/h1-6H3/q+1. The highest BCUT2D eigenvalue weighted by Crippen LogP contribution is 2.47. The SMILES string of the molecule is CC(=C1C(=C(C)c2c(F)c(F)c(C)c(F)c2F)[N+]1=C(C)c1c(F)c(F)c(C)c(F)c1F)c1c(F)c(F)c(C)c(F)c1F. The van der Waals surface area contributed by atoms with Crippen molar-refractivity contribution in [1.82, 2.24) is 0 Å². The van der Waals surface area contributed by atoms with E-state index in [0.717, 1.165) is 41.5 Å². The molecule has 42 heavy (non-hydrogen) atoms. The molecule has 1 heterocycles. The van der Waals surface area contributed by atoms with Gasteiger partial charge in [0.15, 0.2) is 75.5 Å². The molecule has 13 heteroatoms. The van der Waals surface area contributed by atoms with Crippen molar-refractivity contribution >= 4 is 16.9 Å². The Hall–Kier alpha value is -4.03. The van der Waals surface area contributed by atoms with Crippen molar-refractivity contribution in [3.8, 4) is 0 Å². The van der Waals surface area contributed by atoms with Gasteiger partial charge >= 0.3 is 0 Å². The molecule has 0 spiro atoms. The minimum absolute atomic E-state index is 0.592. The van der Waals surface area contributed by atoms with E-state index in [2.05, 4.69) is 0 Å². The minimum Gasteiger partial charge on any atom is -0.203 e. The summed E-state index contributed by atoms with van der Waals surface area (Å²) in [5.74, 6) is -22.3. The number of hydrogen-bond donors (Lipinski definition) is 0. The Kier molecular flexibility index (Phi) is 7.62.